The van der Waals surface area contributed by atoms with Crippen LogP contribution in [0.3, 0.4) is 0 Å². The lowest BCUT2D eigenvalue weighted by atomic mass is 9.54. The molecule has 1 aliphatic rings. The fraction of sp³-hybridized carbons (Fsp3) is 0.857. The maximum Gasteiger partial charge on any atom is 0.311 e. The van der Waals surface area contributed by atoms with Gasteiger partial charge in [-0.05, 0) is 59.3 Å². The topological polar surface area (TPSA) is 78.9 Å². The number of carbonyl (C=O) groups excluding carboxylic acids is 3. The summed E-state index contributed by atoms with van der Waals surface area (Å²) in [7, 11) is 0. The highest BCUT2D eigenvalue weighted by Gasteiger charge is 2.59. The molecule has 6 nitrogen and oxygen atoms in total. The van der Waals surface area contributed by atoms with E-state index in [1.54, 1.807) is 20.8 Å². The largest absolute Gasteiger partial charge is 0.465 e. The highest BCUT2D eigenvalue weighted by Crippen LogP contribution is 2.55. The molecule has 0 N–H and O–H groups in total. The number of carbonyl (C=O) groups is 3. The normalized spacial score (nSPS) is 30.4. The Labute approximate surface area is 163 Å². The van der Waals surface area contributed by atoms with E-state index in [0.717, 1.165) is 0 Å². The highest BCUT2D eigenvalue weighted by atomic mass is 16.5. The third-order valence-corrected chi connectivity index (χ3v) is 5.13. The van der Waals surface area contributed by atoms with Crippen LogP contribution in [0, 0.1) is 16.2 Å². The standard InChI is InChI=1S/C21H36O6/c1-7-10-25-16(22)19(4)13-20(5,17(23)26-11-8-2)15-21(6,14-19)18(24)27-12-9-3/h7-15H2,1-6H3. The second-order valence-corrected chi connectivity index (χ2v) is 8.62. The number of ether oxygens (including phenoxy) is 3. The van der Waals surface area contributed by atoms with Gasteiger partial charge in [0.2, 0.25) is 0 Å². The molecule has 6 heteroatoms. The molecule has 1 aliphatic carbocycles. The maximum atomic E-state index is 12.8. The molecule has 0 unspecified atom stereocenters. The fourth-order valence-corrected chi connectivity index (χ4v) is 4.31. The van der Waals surface area contributed by atoms with Crippen LogP contribution < -0.4 is 0 Å². The average molecular weight is 385 g/mol. The number of hydrogen-bond acceptors (Lipinski definition) is 6. The monoisotopic (exact) mass is 384 g/mol. The summed E-state index contributed by atoms with van der Waals surface area (Å²) in [6, 6.07) is 0. The lowest BCUT2D eigenvalue weighted by Gasteiger charge is -2.48. The summed E-state index contributed by atoms with van der Waals surface area (Å²) in [6.07, 6.45) is 3.03. The SMILES string of the molecule is CCCOC(=O)C1(C)CC(C)(C(=O)OCCC)CC(C)(C(=O)OCCC)C1. The van der Waals surface area contributed by atoms with Gasteiger partial charge in [-0.3, -0.25) is 14.4 Å². The van der Waals surface area contributed by atoms with Crippen LogP contribution in [0.2, 0.25) is 0 Å². The third kappa shape index (κ3) is 5.69. The summed E-state index contributed by atoms with van der Waals surface area (Å²) < 4.78 is 16.2. The van der Waals surface area contributed by atoms with Crippen molar-refractivity contribution in [2.75, 3.05) is 19.8 Å². The summed E-state index contributed by atoms with van der Waals surface area (Å²) in [5.74, 6) is -1.10. The van der Waals surface area contributed by atoms with Crippen LogP contribution in [0.15, 0.2) is 0 Å². The predicted molar refractivity (Wildman–Crippen MR) is 102 cm³/mol. The van der Waals surface area contributed by atoms with Crippen molar-refractivity contribution in [3.05, 3.63) is 0 Å². The molecule has 0 aromatic carbocycles. The summed E-state index contributed by atoms with van der Waals surface area (Å²) in [5.41, 5.74) is -2.85. The fourth-order valence-electron chi connectivity index (χ4n) is 4.31. The second kappa shape index (κ2) is 9.56. The first kappa shape index (κ1) is 23.4. The molecule has 0 bridgehead atoms. The minimum absolute atomic E-state index is 0.293. The van der Waals surface area contributed by atoms with Gasteiger partial charge in [-0.1, -0.05) is 20.8 Å². The van der Waals surface area contributed by atoms with Crippen molar-refractivity contribution < 1.29 is 28.6 Å². The van der Waals surface area contributed by atoms with Gasteiger partial charge in [0.15, 0.2) is 0 Å². The van der Waals surface area contributed by atoms with E-state index in [0.29, 0.717) is 58.3 Å². The van der Waals surface area contributed by atoms with E-state index in [2.05, 4.69) is 0 Å². The summed E-state index contributed by atoms with van der Waals surface area (Å²) in [6.45, 7) is 12.1. The number of hydrogen-bond donors (Lipinski definition) is 0. The van der Waals surface area contributed by atoms with Crippen molar-refractivity contribution in [3.8, 4) is 0 Å². The van der Waals surface area contributed by atoms with E-state index in [1.165, 1.54) is 0 Å². The van der Waals surface area contributed by atoms with Crippen LogP contribution in [0.25, 0.3) is 0 Å². The first-order valence-corrected chi connectivity index (χ1v) is 10.1. The van der Waals surface area contributed by atoms with Gasteiger partial charge in [-0.15, -0.1) is 0 Å². The minimum atomic E-state index is -0.951. The Kier molecular flexibility index (Phi) is 8.30. The maximum absolute atomic E-state index is 12.8. The Morgan fingerprint density at radius 2 is 0.815 bits per heavy atom. The lowest BCUT2D eigenvalue weighted by molar-refractivity contribution is -0.182. The van der Waals surface area contributed by atoms with Crippen LogP contribution in [0.5, 0.6) is 0 Å². The molecule has 0 aliphatic heterocycles. The van der Waals surface area contributed by atoms with Crippen LogP contribution in [0.1, 0.15) is 80.1 Å². The molecule has 0 radical (unpaired) electrons. The van der Waals surface area contributed by atoms with Gasteiger partial charge in [-0.2, -0.15) is 0 Å². The first-order valence-electron chi connectivity index (χ1n) is 10.1. The molecule has 156 valence electrons. The van der Waals surface area contributed by atoms with Gasteiger partial charge in [0.1, 0.15) is 0 Å². The molecule has 1 saturated carbocycles. The van der Waals surface area contributed by atoms with Crippen molar-refractivity contribution >= 4 is 17.9 Å². The molecule has 0 spiro atoms. The quantitative estimate of drug-likeness (QED) is 0.441. The second-order valence-electron chi connectivity index (χ2n) is 8.62. The Morgan fingerprint density at radius 1 is 0.593 bits per heavy atom. The Bertz CT molecular complexity index is 457. The van der Waals surface area contributed by atoms with Gasteiger partial charge >= 0.3 is 17.9 Å². The van der Waals surface area contributed by atoms with E-state index >= 15 is 0 Å². The smallest absolute Gasteiger partial charge is 0.311 e. The Morgan fingerprint density at radius 3 is 1.00 bits per heavy atom. The molecule has 0 saturated heterocycles. The van der Waals surface area contributed by atoms with Crippen molar-refractivity contribution in [2.24, 2.45) is 16.2 Å². The molecule has 0 aromatic heterocycles. The van der Waals surface area contributed by atoms with Crippen molar-refractivity contribution in [3.63, 3.8) is 0 Å². The van der Waals surface area contributed by atoms with E-state index < -0.39 is 16.2 Å². The van der Waals surface area contributed by atoms with E-state index in [4.69, 9.17) is 14.2 Å². The van der Waals surface area contributed by atoms with Crippen molar-refractivity contribution in [1.29, 1.82) is 0 Å². The van der Waals surface area contributed by atoms with Crippen LogP contribution >= 0.6 is 0 Å². The molecule has 0 aromatic rings. The zero-order valence-corrected chi connectivity index (χ0v) is 17.8. The Hall–Kier alpha value is -1.59. The van der Waals surface area contributed by atoms with E-state index in [-0.39, 0.29) is 17.9 Å². The number of rotatable bonds is 9. The van der Waals surface area contributed by atoms with Crippen molar-refractivity contribution in [1.82, 2.24) is 0 Å². The third-order valence-electron chi connectivity index (χ3n) is 5.13. The summed E-state index contributed by atoms with van der Waals surface area (Å²) in [5, 5.41) is 0. The predicted octanol–water partition coefficient (Wildman–Crippen LogP) is 4.05. The molecule has 1 rings (SSSR count). The van der Waals surface area contributed by atoms with Gasteiger partial charge in [0.05, 0.1) is 36.1 Å². The minimum Gasteiger partial charge on any atom is -0.465 e. The zero-order valence-electron chi connectivity index (χ0n) is 17.8. The van der Waals surface area contributed by atoms with Crippen molar-refractivity contribution in [2.45, 2.75) is 80.1 Å². The molecule has 1 fully saturated rings. The lowest BCUT2D eigenvalue weighted by Crippen LogP contribution is -2.53. The molecule has 0 atom stereocenters. The highest BCUT2D eigenvalue weighted by molar-refractivity contribution is 5.85. The molecule has 27 heavy (non-hydrogen) atoms. The van der Waals surface area contributed by atoms with Gasteiger partial charge in [-0.25, -0.2) is 0 Å². The van der Waals surface area contributed by atoms with Gasteiger partial charge in [0.25, 0.3) is 0 Å². The number of esters is 3. The van der Waals surface area contributed by atoms with E-state index in [1.807, 2.05) is 20.8 Å². The van der Waals surface area contributed by atoms with Gasteiger partial charge in [0, 0.05) is 0 Å². The van der Waals surface area contributed by atoms with E-state index in [9.17, 15) is 14.4 Å². The first-order chi connectivity index (χ1) is 12.6. The summed E-state index contributed by atoms with van der Waals surface area (Å²) in [4.78, 5) is 38.4. The van der Waals surface area contributed by atoms with Gasteiger partial charge < -0.3 is 14.2 Å². The molecule has 0 amide bonds. The molecule has 0 heterocycles. The molecular formula is C21H36O6. The Balaban J connectivity index is 3.20. The summed E-state index contributed by atoms with van der Waals surface area (Å²) >= 11 is 0. The zero-order chi connectivity index (χ0) is 20.7. The van der Waals surface area contributed by atoms with Crippen LogP contribution in [0.4, 0.5) is 0 Å². The van der Waals surface area contributed by atoms with Crippen LogP contribution in [-0.2, 0) is 28.6 Å². The molecular weight excluding hydrogens is 348 g/mol. The van der Waals surface area contributed by atoms with Crippen LogP contribution in [-0.4, -0.2) is 37.7 Å². The average Bonchev–Trinajstić information content (AvgIpc) is 2.60.